The molecule has 1 atom stereocenters. The van der Waals surface area contributed by atoms with Gasteiger partial charge in [-0.3, -0.25) is 0 Å². The Bertz CT molecular complexity index is 90.2. The third-order valence-electron chi connectivity index (χ3n) is 1.83. The predicted molar refractivity (Wildman–Crippen MR) is 48.8 cm³/mol. The summed E-state index contributed by atoms with van der Waals surface area (Å²) in [6, 6.07) is 0.456. The lowest BCUT2D eigenvalue weighted by atomic mass is 9.87. The van der Waals surface area contributed by atoms with Crippen LogP contribution in [0, 0.1) is 5.41 Å². The summed E-state index contributed by atoms with van der Waals surface area (Å²) in [5.74, 6) is 0. The molecule has 0 amide bonds. The van der Waals surface area contributed by atoms with Crippen molar-refractivity contribution in [1.29, 1.82) is 0 Å². The fraction of sp³-hybridized carbons (Fsp3) is 1.00. The Balaban J connectivity index is 3.88. The van der Waals surface area contributed by atoms with Gasteiger partial charge in [-0.25, -0.2) is 0 Å². The summed E-state index contributed by atoms with van der Waals surface area (Å²) in [5, 5.41) is 3.40. The van der Waals surface area contributed by atoms with Gasteiger partial charge in [0, 0.05) is 13.2 Å². The van der Waals surface area contributed by atoms with Crippen LogP contribution in [0.2, 0.25) is 0 Å². The van der Waals surface area contributed by atoms with E-state index < -0.39 is 0 Å². The Morgan fingerprint density at radius 2 is 1.91 bits per heavy atom. The quantitative estimate of drug-likeness (QED) is 0.673. The highest BCUT2D eigenvalue weighted by atomic mass is 16.5. The maximum absolute atomic E-state index is 5.12. The van der Waals surface area contributed by atoms with E-state index in [0.29, 0.717) is 6.04 Å². The Labute approximate surface area is 70.3 Å². The van der Waals surface area contributed by atoms with Crippen molar-refractivity contribution < 1.29 is 4.74 Å². The fourth-order valence-electron chi connectivity index (χ4n) is 1.03. The van der Waals surface area contributed by atoms with Gasteiger partial charge in [0.1, 0.15) is 0 Å². The van der Waals surface area contributed by atoms with E-state index in [9.17, 15) is 0 Å². The maximum Gasteiger partial charge on any atom is 0.0620 e. The molecule has 0 fully saturated rings. The molecule has 1 unspecified atom stereocenters. The number of ether oxygens (including phenoxy) is 1. The second-order valence-electron chi connectivity index (χ2n) is 3.93. The molecule has 1 N–H and O–H groups in total. The van der Waals surface area contributed by atoms with E-state index in [1.54, 1.807) is 7.11 Å². The molecule has 0 radical (unpaired) electrons. The number of rotatable bonds is 4. The summed E-state index contributed by atoms with van der Waals surface area (Å²) in [4.78, 5) is 0. The van der Waals surface area contributed by atoms with Gasteiger partial charge in [0.05, 0.1) is 6.61 Å². The average Bonchev–Trinajstić information content (AvgIpc) is 1.85. The normalized spacial score (nSPS) is 15.0. The third kappa shape index (κ3) is 4.38. The largest absolute Gasteiger partial charge is 0.383 e. The molecular weight excluding hydrogens is 138 g/mol. The Hall–Kier alpha value is -0.0800. The number of likely N-dealkylation sites (N-methyl/N-ethyl adjacent to an activating group) is 1. The molecule has 0 aliphatic rings. The zero-order valence-corrected chi connectivity index (χ0v) is 8.40. The Morgan fingerprint density at radius 3 is 2.18 bits per heavy atom. The summed E-state index contributed by atoms with van der Waals surface area (Å²) in [6.07, 6.45) is 0. The molecule has 0 saturated heterocycles. The first-order chi connectivity index (χ1) is 5.02. The van der Waals surface area contributed by atoms with Crippen molar-refractivity contribution in [2.45, 2.75) is 33.7 Å². The second-order valence-corrected chi connectivity index (χ2v) is 3.93. The smallest absolute Gasteiger partial charge is 0.0620 e. The first kappa shape index (κ1) is 10.9. The average molecular weight is 159 g/mol. The monoisotopic (exact) mass is 159 g/mol. The van der Waals surface area contributed by atoms with Crippen LogP contribution >= 0.6 is 0 Å². The van der Waals surface area contributed by atoms with Gasteiger partial charge in [-0.1, -0.05) is 27.7 Å². The molecule has 0 heterocycles. The molecule has 2 heteroatoms. The minimum Gasteiger partial charge on any atom is -0.383 e. The maximum atomic E-state index is 5.12. The zero-order chi connectivity index (χ0) is 8.91. The first-order valence-electron chi connectivity index (χ1n) is 4.24. The van der Waals surface area contributed by atoms with E-state index >= 15 is 0 Å². The van der Waals surface area contributed by atoms with E-state index in [1.165, 1.54) is 0 Å². The summed E-state index contributed by atoms with van der Waals surface area (Å²) < 4.78 is 5.12. The van der Waals surface area contributed by atoms with Crippen molar-refractivity contribution in [3.8, 4) is 0 Å². The van der Waals surface area contributed by atoms with Crippen molar-refractivity contribution in [2.24, 2.45) is 5.41 Å². The van der Waals surface area contributed by atoms with E-state index in [1.807, 2.05) is 0 Å². The van der Waals surface area contributed by atoms with E-state index in [0.717, 1.165) is 13.2 Å². The highest BCUT2D eigenvalue weighted by Crippen LogP contribution is 2.18. The number of methoxy groups -OCH3 is 1. The van der Waals surface area contributed by atoms with Crippen LogP contribution in [0.4, 0.5) is 0 Å². The van der Waals surface area contributed by atoms with Gasteiger partial charge in [-0.05, 0) is 12.0 Å². The predicted octanol–water partition coefficient (Wildman–Crippen LogP) is 1.66. The molecule has 0 aromatic heterocycles. The lowest BCUT2D eigenvalue weighted by molar-refractivity contribution is 0.115. The van der Waals surface area contributed by atoms with Gasteiger partial charge in [-0.2, -0.15) is 0 Å². The number of nitrogens with one attached hydrogen (secondary N) is 1. The molecule has 11 heavy (non-hydrogen) atoms. The first-order valence-corrected chi connectivity index (χ1v) is 4.24. The molecule has 0 saturated carbocycles. The summed E-state index contributed by atoms with van der Waals surface area (Å²) >= 11 is 0. The zero-order valence-electron chi connectivity index (χ0n) is 8.40. The van der Waals surface area contributed by atoms with Gasteiger partial charge in [0.2, 0.25) is 0 Å². The lowest BCUT2D eigenvalue weighted by Crippen LogP contribution is -2.43. The number of hydrogen-bond donors (Lipinski definition) is 1. The lowest BCUT2D eigenvalue weighted by Gasteiger charge is -2.30. The van der Waals surface area contributed by atoms with Gasteiger partial charge in [0.25, 0.3) is 0 Å². The standard InChI is InChI=1S/C9H21NO/c1-6-10-8(7-11-5)9(2,3)4/h8,10H,6-7H2,1-5H3. The minimum absolute atomic E-state index is 0.284. The molecule has 68 valence electrons. The minimum atomic E-state index is 0.284. The van der Waals surface area contributed by atoms with Crippen molar-refractivity contribution in [3.05, 3.63) is 0 Å². The van der Waals surface area contributed by atoms with Crippen molar-refractivity contribution in [1.82, 2.24) is 5.32 Å². The second kappa shape index (κ2) is 4.73. The van der Waals surface area contributed by atoms with Crippen LogP contribution in [0.1, 0.15) is 27.7 Å². The molecule has 0 aromatic rings. The van der Waals surface area contributed by atoms with E-state index in [-0.39, 0.29) is 5.41 Å². The van der Waals surface area contributed by atoms with Gasteiger partial charge >= 0.3 is 0 Å². The van der Waals surface area contributed by atoms with Gasteiger partial charge in [-0.15, -0.1) is 0 Å². The molecule has 0 aliphatic heterocycles. The van der Waals surface area contributed by atoms with Crippen LogP contribution < -0.4 is 5.32 Å². The summed E-state index contributed by atoms with van der Waals surface area (Å²) in [5.41, 5.74) is 0.284. The third-order valence-corrected chi connectivity index (χ3v) is 1.83. The fourth-order valence-corrected chi connectivity index (χ4v) is 1.03. The van der Waals surface area contributed by atoms with Crippen LogP contribution in [-0.4, -0.2) is 26.3 Å². The van der Waals surface area contributed by atoms with Crippen LogP contribution in [0.3, 0.4) is 0 Å². The van der Waals surface area contributed by atoms with Crippen molar-refractivity contribution in [2.75, 3.05) is 20.3 Å². The molecule has 0 aliphatic carbocycles. The van der Waals surface area contributed by atoms with Crippen LogP contribution in [0.15, 0.2) is 0 Å². The molecule has 2 nitrogen and oxygen atoms in total. The van der Waals surface area contributed by atoms with Crippen LogP contribution in [0.25, 0.3) is 0 Å². The van der Waals surface area contributed by atoms with Crippen molar-refractivity contribution in [3.63, 3.8) is 0 Å². The molecule has 0 spiro atoms. The van der Waals surface area contributed by atoms with E-state index in [2.05, 4.69) is 33.0 Å². The van der Waals surface area contributed by atoms with Crippen molar-refractivity contribution >= 4 is 0 Å². The summed E-state index contributed by atoms with van der Waals surface area (Å²) in [6.45, 7) is 10.6. The van der Waals surface area contributed by atoms with Gasteiger partial charge < -0.3 is 10.1 Å². The Morgan fingerprint density at radius 1 is 1.36 bits per heavy atom. The molecule has 0 aromatic carbocycles. The number of hydrogen-bond acceptors (Lipinski definition) is 2. The Kier molecular flexibility index (Phi) is 4.69. The van der Waals surface area contributed by atoms with E-state index in [4.69, 9.17) is 4.74 Å². The SMILES string of the molecule is CCNC(COC)C(C)(C)C. The highest BCUT2D eigenvalue weighted by molar-refractivity contribution is 4.79. The molecular formula is C9H21NO. The van der Waals surface area contributed by atoms with Crippen LogP contribution in [0.5, 0.6) is 0 Å². The van der Waals surface area contributed by atoms with Gasteiger partial charge in [0.15, 0.2) is 0 Å². The highest BCUT2D eigenvalue weighted by Gasteiger charge is 2.22. The molecule has 0 bridgehead atoms. The topological polar surface area (TPSA) is 21.3 Å². The van der Waals surface area contributed by atoms with Crippen LogP contribution in [-0.2, 0) is 4.74 Å². The summed E-state index contributed by atoms with van der Waals surface area (Å²) in [7, 11) is 1.75. The molecule has 0 rings (SSSR count).